The Balaban J connectivity index is 2.43. The Labute approximate surface area is 110 Å². The maximum Gasteiger partial charge on any atom is 0.123 e. The molecule has 0 nitrogen and oxygen atoms in total. The van der Waals surface area contributed by atoms with Gasteiger partial charge in [-0.05, 0) is 48.0 Å². The number of hydrogen-bond donors (Lipinski definition) is 0. The van der Waals surface area contributed by atoms with E-state index in [0.29, 0.717) is 5.92 Å². The molecule has 1 aromatic rings. The molecule has 1 rings (SSSR count). The van der Waals surface area contributed by atoms with Gasteiger partial charge in [0.15, 0.2) is 0 Å². The van der Waals surface area contributed by atoms with Crippen LogP contribution in [0.4, 0.5) is 4.39 Å². The van der Waals surface area contributed by atoms with Crippen LogP contribution in [0.3, 0.4) is 0 Å². The molecule has 0 N–H and O–H groups in total. The summed E-state index contributed by atoms with van der Waals surface area (Å²) in [6.45, 7) is 2.18. The Hall–Kier alpha value is -0.0200. The molecule has 3 heteroatoms. The quantitative estimate of drug-likeness (QED) is 0.527. The Morgan fingerprint density at radius 3 is 2.88 bits per heavy atom. The van der Waals surface area contributed by atoms with Gasteiger partial charge in [0.05, 0.1) is 0 Å². The van der Waals surface area contributed by atoms with E-state index in [-0.39, 0.29) is 5.82 Å². The van der Waals surface area contributed by atoms with Crippen molar-refractivity contribution in [2.45, 2.75) is 19.8 Å². The van der Waals surface area contributed by atoms with E-state index in [9.17, 15) is 4.39 Å². The third-order valence-corrected chi connectivity index (χ3v) is 4.35. The van der Waals surface area contributed by atoms with Crippen LogP contribution in [0.2, 0.25) is 0 Å². The van der Waals surface area contributed by atoms with Crippen LogP contribution in [0, 0.1) is 11.7 Å². The summed E-state index contributed by atoms with van der Waals surface area (Å²) < 4.78 is 13.0. The number of thioether (sulfide) groups is 1. The second-order valence-electron chi connectivity index (χ2n) is 3.84. The van der Waals surface area contributed by atoms with Crippen LogP contribution >= 0.6 is 27.7 Å². The number of alkyl halides is 1. The van der Waals surface area contributed by atoms with Gasteiger partial charge in [-0.1, -0.05) is 35.0 Å². The van der Waals surface area contributed by atoms with Gasteiger partial charge >= 0.3 is 0 Å². The first kappa shape index (κ1) is 14.0. The van der Waals surface area contributed by atoms with Crippen LogP contribution in [0.1, 0.15) is 18.9 Å². The molecule has 0 fully saturated rings. The highest BCUT2D eigenvalue weighted by Gasteiger charge is 2.08. The summed E-state index contributed by atoms with van der Waals surface area (Å²) in [5.74, 6) is 2.85. The minimum Gasteiger partial charge on any atom is -0.207 e. The second-order valence-corrected chi connectivity index (χ2v) is 5.88. The molecule has 1 aromatic carbocycles. The fourth-order valence-electron chi connectivity index (χ4n) is 1.63. The predicted octanol–water partition coefficient (Wildman–Crippen LogP) is 4.52. The molecule has 0 spiro atoms. The van der Waals surface area contributed by atoms with E-state index < -0.39 is 0 Å². The average Bonchev–Trinajstić information content (AvgIpc) is 2.28. The van der Waals surface area contributed by atoms with E-state index in [1.165, 1.54) is 24.0 Å². The van der Waals surface area contributed by atoms with E-state index in [2.05, 4.69) is 22.9 Å². The second kappa shape index (κ2) is 8.13. The van der Waals surface area contributed by atoms with Crippen molar-refractivity contribution in [2.75, 3.05) is 16.8 Å². The molecular formula is C13H18BrFS. The minimum atomic E-state index is -0.131. The third kappa shape index (κ3) is 5.35. The van der Waals surface area contributed by atoms with Gasteiger partial charge in [0.1, 0.15) is 5.82 Å². The monoisotopic (exact) mass is 304 g/mol. The molecule has 0 aromatic heterocycles. The highest BCUT2D eigenvalue weighted by Crippen LogP contribution is 2.18. The fraction of sp³-hybridized carbons (Fsp3) is 0.538. The molecule has 1 atom stereocenters. The first-order chi connectivity index (χ1) is 7.76. The topological polar surface area (TPSA) is 0 Å². The van der Waals surface area contributed by atoms with Gasteiger partial charge in [-0.15, -0.1) is 0 Å². The van der Waals surface area contributed by atoms with Gasteiger partial charge in [-0.2, -0.15) is 11.8 Å². The van der Waals surface area contributed by atoms with Crippen LogP contribution in [0.15, 0.2) is 24.3 Å². The summed E-state index contributed by atoms with van der Waals surface area (Å²) in [6.07, 6.45) is 2.16. The van der Waals surface area contributed by atoms with Crippen molar-refractivity contribution in [3.63, 3.8) is 0 Å². The molecule has 0 aliphatic heterocycles. The summed E-state index contributed by atoms with van der Waals surface area (Å²) in [5.41, 5.74) is 1.10. The van der Waals surface area contributed by atoms with Crippen molar-refractivity contribution in [1.82, 2.24) is 0 Å². The van der Waals surface area contributed by atoms with Crippen molar-refractivity contribution in [3.8, 4) is 0 Å². The maximum atomic E-state index is 13.0. The molecular weight excluding hydrogens is 287 g/mol. The van der Waals surface area contributed by atoms with Crippen molar-refractivity contribution >= 4 is 27.7 Å². The maximum absolute atomic E-state index is 13.0. The van der Waals surface area contributed by atoms with E-state index >= 15 is 0 Å². The number of benzene rings is 1. The van der Waals surface area contributed by atoms with Crippen molar-refractivity contribution in [2.24, 2.45) is 5.92 Å². The van der Waals surface area contributed by atoms with Crippen LogP contribution < -0.4 is 0 Å². The summed E-state index contributed by atoms with van der Waals surface area (Å²) in [7, 11) is 0. The molecule has 0 aliphatic rings. The van der Waals surface area contributed by atoms with Gasteiger partial charge in [0.2, 0.25) is 0 Å². The predicted molar refractivity (Wildman–Crippen MR) is 75.0 cm³/mol. The van der Waals surface area contributed by atoms with Crippen molar-refractivity contribution < 1.29 is 4.39 Å². The first-order valence-electron chi connectivity index (χ1n) is 5.64. The average molecular weight is 305 g/mol. The molecule has 1 unspecified atom stereocenters. The zero-order chi connectivity index (χ0) is 11.8. The lowest BCUT2D eigenvalue weighted by Gasteiger charge is -2.13. The summed E-state index contributed by atoms with van der Waals surface area (Å²) >= 11 is 5.51. The van der Waals surface area contributed by atoms with Gasteiger partial charge < -0.3 is 0 Å². The van der Waals surface area contributed by atoms with Gasteiger partial charge in [0, 0.05) is 5.33 Å². The molecule has 0 aliphatic carbocycles. The highest BCUT2D eigenvalue weighted by atomic mass is 79.9. The molecule has 90 valence electrons. The smallest absolute Gasteiger partial charge is 0.123 e. The third-order valence-electron chi connectivity index (χ3n) is 2.51. The Morgan fingerprint density at radius 2 is 2.25 bits per heavy atom. The van der Waals surface area contributed by atoms with E-state index in [4.69, 9.17) is 0 Å². The molecule has 16 heavy (non-hydrogen) atoms. The minimum absolute atomic E-state index is 0.131. The molecule has 0 saturated heterocycles. The van der Waals surface area contributed by atoms with Gasteiger partial charge in [-0.3, -0.25) is 0 Å². The van der Waals surface area contributed by atoms with Crippen LogP contribution in [-0.4, -0.2) is 16.8 Å². The lowest BCUT2D eigenvalue weighted by atomic mass is 9.99. The zero-order valence-corrected chi connectivity index (χ0v) is 12.0. The van der Waals surface area contributed by atoms with Crippen LogP contribution in [0.5, 0.6) is 0 Å². The van der Waals surface area contributed by atoms with Crippen molar-refractivity contribution in [3.05, 3.63) is 35.6 Å². The SMILES string of the molecule is CCSCCC(CBr)Cc1cccc(F)c1. The zero-order valence-electron chi connectivity index (χ0n) is 9.59. The summed E-state index contributed by atoms with van der Waals surface area (Å²) in [4.78, 5) is 0. The standard InChI is InChI=1S/C13H18BrFS/c1-2-16-7-6-12(10-14)8-11-4-3-5-13(15)9-11/h3-5,9,12H,2,6-8,10H2,1H3. The lowest BCUT2D eigenvalue weighted by molar-refractivity contribution is 0.572. The molecule has 0 bridgehead atoms. The Kier molecular flexibility index (Phi) is 7.13. The highest BCUT2D eigenvalue weighted by molar-refractivity contribution is 9.09. The van der Waals surface area contributed by atoms with E-state index in [0.717, 1.165) is 17.3 Å². The summed E-state index contributed by atoms with van der Waals surface area (Å²) in [6, 6.07) is 6.94. The Bertz CT molecular complexity index is 304. The molecule has 0 saturated carbocycles. The lowest BCUT2D eigenvalue weighted by Crippen LogP contribution is -2.07. The van der Waals surface area contributed by atoms with Gasteiger partial charge in [0.25, 0.3) is 0 Å². The van der Waals surface area contributed by atoms with E-state index in [1.54, 1.807) is 12.1 Å². The number of halogens is 2. The number of hydrogen-bond acceptors (Lipinski definition) is 1. The Morgan fingerprint density at radius 1 is 1.44 bits per heavy atom. The largest absolute Gasteiger partial charge is 0.207 e. The number of rotatable bonds is 7. The van der Waals surface area contributed by atoms with E-state index in [1.807, 2.05) is 17.8 Å². The normalized spacial score (nSPS) is 12.7. The first-order valence-corrected chi connectivity index (χ1v) is 7.92. The molecule has 0 heterocycles. The molecule has 0 radical (unpaired) electrons. The van der Waals surface area contributed by atoms with Gasteiger partial charge in [-0.25, -0.2) is 4.39 Å². The molecule has 0 amide bonds. The fourth-order valence-corrected chi connectivity index (χ4v) is 2.97. The summed E-state index contributed by atoms with van der Waals surface area (Å²) in [5, 5.41) is 0.994. The van der Waals surface area contributed by atoms with Crippen molar-refractivity contribution in [1.29, 1.82) is 0 Å². The van der Waals surface area contributed by atoms with Crippen LogP contribution in [-0.2, 0) is 6.42 Å². The van der Waals surface area contributed by atoms with Crippen LogP contribution in [0.25, 0.3) is 0 Å².